The summed E-state index contributed by atoms with van der Waals surface area (Å²) in [5.41, 5.74) is 8.33. The molecule has 1 N–H and O–H groups in total. The minimum atomic E-state index is 0.809. The minimum Gasteiger partial charge on any atom is -0.278 e. The van der Waals surface area contributed by atoms with E-state index in [9.17, 15) is 0 Å². The average Bonchev–Trinajstić information content (AvgIpc) is 2.66. The number of nitrogens with one attached hydrogen (secondary N) is 1. The molecule has 0 saturated carbocycles. The van der Waals surface area contributed by atoms with Crippen LogP contribution in [0.2, 0.25) is 0 Å². The molecular formula is C21H18N4. The lowest BCUT2D eigenvalue weighted by atomic mass is 10.1. The van der Waals surface area contributed by atoms with E-state index in [0.717, 1.165) is 44.6 Å². The van der Waals surface area contributed by atoms with E-state index >= 15 is 0 Å². The summed E-state index contributed by atoms with van der Waals surface area (Å²) in [6, 6.07) is 22.2. The number of fused-ring (bicyclic) bond motifs is 3. The molecule has 0 fully saturated rings. The molecule has 1 heterocycles. The van der Waals surface area contributed by atoms with Gasteiger partial charge in [0.1, 0.15) is 5.69 Å². The quantitative estimate of drug-likeness (QED) is 0.330. The molecule has 0 aliphatic rings. The highest BCUT2D eigenvalue weighted by Gasteiger charge is 2.10. The van der Waals surface area contributed by atoms with Crippen molar-refractivity contribution >= 4 is 33.2 Å². The van der Waals surface area contributed by atoms with Gasteiger partial charge in [-0.15, -0.1) is 0 Å². The third kappa shape index (κ3) is 2.94. The van der Waals surface area contributed by atoms with Crippen molar-refractivity contribution in [2.75, 3.05) is 5.43 Å². The third-order valence-corrected chi connectivity index (χ3v) is 4.20. The summed E-state index contributed by atoms with van der Waals surface area (Å²) in [5, 5.41) is 6.75. The second-order valence-corrected chi connectivity index (χ2v) is 5.99. The van der Waals surface area contributed by atoms with Crippen LogP contribution in [0.1, 0.15) is 18.3 Å². The second kappa shape index (κ2) is 6.32. The molecule has 0 unspecified atom stereocenters. The van der Waals surface area contributed by atoms with Crippen LogP contribution in [-0.4, -0.2) is 15.7 Å². The minimum absolute atomic E-state index is 0.809. The van der Waals surface area contributed by atoms with Crippen LogP contribution < -0.4 is 5.43 Å². The van der Waals surface area contributed by atoms with Gasteiger partial charge in [0.15, 0.2) is 0 Å². The molecule has 1 aromatic heterocycles. The molecule has 0 bridgehead atoms. The molecule has 0 radical (unpaired) electrons. The van der Waals surface area contributed by atoms with Crippen LogP contribution in [-0.2, 0) is 0 Å². The molecule has 0 amide bonds. The SMILES string of the molecule is CC(=NNc1ccccc1)c1nc2c(ccc3ccccc32)nc1C. The van der Waals surface area contributed by atoms with Gasteiger partial charge >= 0.3 is 0 Å². The van der Waals surface area contributed by atoms with E-state index in [1.54, 1.807) is 0 Å². The molecule has 0 spiro atoms. The number of hydrazone groups is 1. The summed E-state index contributed by atoms with van der Waals surface area (Å²) in [7, 11) is 0. The Kier molecular flexibility index (Phi) is 3.86. The van der Waals surface area contributed by atoms with Crippen LogP contribution in [0, 0.1) is 6.92 Å². The fraction of sp³-hybridized carbons (Fsp3) is 0.0952. The lowest BCUT2D eigenvalue weighted by molar-refractivity contribution is 1.15. The molecule has 0 aliphatic heterocycles. The van der Waals surface area contributed by atoms with Gasteiger partial charge in [0.05, 0.1) is 28.1 Å². The number of nitrogens with zero attached hydrogens (tertiary/aromatic N) is 3. The van der Waals surface area contributed by atoms with Crippen molar-refractivity contribution in [3.63, 3.8) is 0 Å². The molecule has 0 aliphatic carbocycles. The molecule has 0 atom stereocenters. The fourth-order valence-electron chi connectivity index (χ4n) is 2.93. The van der Waals surface area contributed by atoms with Gasteiger partial charge in [-0.25, -0.2) is 9.97 Å². The predicted molar refractivity (Wildman–Crippen MR) is 104 cm³/mol. The molecule has 0 saturated heterocycles. The Hall–Kier alpha value is -3.27. The van der Waals surface area contributed by atoms with Gasteiger partial charge in [0.25, 0.3) is 0 Å². The largest absolute Gasteiger partial charge is 0.278 e. The molecule has 122 valence electrons. The molecule has 4 rings (SSSR count). The van der Waals surface area contributed by atoms with E-state index in [-0.39, 0.29) is 0 Å². The molecule has 3 aromatic carbocycles. The Morgan fingerprint density at radius 2 is 1.64 bits per heavy atom. The highest BCUT2D eigenvalue weighted by Crippen LogP contribution is 2.23. The monoisotopic (exact) mass is 326 g/mol. The van der Waals surface area contributed by atoms with Crippen LogP contribution in [0.3, 0.4) is 0 Å². The zero-order valence-corrected chi connectivity index (χ0v) is 14.2. The second-order valence-electron chi connectivity index (χ2n) is 5.99. The smallest absolute Gasteiger partial charge is 0.108 e. The molecular weight excluding hydrogens is 308 g/mol. The van der Waals surface area contributed by atoms with E-state index in [0.29, 0.717) is 0 Å². The Morgan fingerprint density at radius 3 is 2.48 bits per heavy atom. The number of aromatic nitrogens is 2. The van der Waals surface area contributed by atoms with Gasteiger partial charge in [-0.05, 0) is 37.4 Å². The van der Waals surface area contributed by atoms with E-state index in [1.165, 1.54) is 0 Å². The first-order valence-corrected chi connectivity index (χ1v) is 8.24. The zero-order valence-electron chi connectivity index (χ0n) is 14.2. The van der Waals surface area contributed by atoms with Crippen molar-refractivity contribution in [2.45, 2.75) is 13.8 Å². The number of aryl methyl sites for hydroxylation is 1. The average molecular weight is 326 g/mol. The van der Waals surface area contributed by atoms with Crippen molar-refractivity contribution in [1.82, 2.24) is 9.97 Å². The maximum absolute atomic E-state index is 4.88. The van der Waals surface area contributed by atoms with Crippen LogP contribution in [0.25, 0.3) is 21.8 Å². The predicted octanol–water partition coefficient (Wildman–Crippen LogP) is 4.93. The van der Waals surface area contributed by atoms with Gasteiger partial charge in [0, 0.05) is 5.39 Å². The summed E-state index contributed by atoms with van der Waals surface area (Å²) in [5.74, 6) is 0. The van der Waals surface area contributed by atoms with Crippen LogP contribution in [0.5, 0.6) is 0 Å². The Morgan fingerprint density at radius 1 is 0.880 bits per heavy atom. The Bertz CT molecular complexity index is 1080. The Labute approximate surface area is 146 Å². The first kappa shape index (κ1) is 15.3. The first-order chi connectivity index (χ1) is 12.2. The molecule has 4 nitrogen and oxygen atoms in total. The zero-order chi connectivity index (χ0) is 17.2. The number of para-hydroxylation sites is 1. The lowest BCUT2D eigenvalue weighted by Crippen LogP contribution is -2.07. The fourth-order valence-corrected chi connectivity index (χ4v) is 2.93. The summed E-state index contributed by atoms with van der Waals surface area (Å²) in [6.07, 6.45) is 0. The number of rotatable bonds is 3. The van der Waals surface area contributed by atoms with Gasteiger partial charge in [0.2, 0.25) is 0 Å². The van der Waals surface area contributed by atoms with Crippen molar-refractivity contribution in [2.24, 2.45) is 5.10 Å². The number of anilines is 1. The maximum atomic E-state index is 4.88. The van der Waals surface area contributed by atoms with E-state index < -0.39 is 0 Å². The Balaban J connectivity index is 1.80. The van der Waals surface area contributed by atoms with Crippen LogP contribution >= 0.6 is 0 Å². The third-order valence-electron chi connectivity index (χ3n) is 4.20. The normalized spacial score (nSPS) is 11.8. The van der Waals surface area contributed by atoms with Crippen molar-refractivity contribution in [1.29, 1.82) is 0 Å². The molecule has 25 heavy (non-hydrogen) atoms. The van der Waals surface area contributed by atoms with Crippen molar-refractivity contribution in [3.8, 4) is 0 Å². The van der Waals surface area contributed by atoms with Crippen LogP contribution in [0.4, 0.5) is 5.69 Å². The molecule has 4 heteroatoms. The van der Waals surface area contributed by atoms with Gasteiger partial charge in [-0.1, -0.05) is 48.5 Å². The standard InChI is InChI=1S/C21H18N4/c1-14-20(15(2)24-25-17-9-4-3-5-10-17)23-21-18-11-7-6-8-16(18)12-13-19(21)22-14/h3-13,25H,1-2H3. The van der Waals surface area contributed by atoms with Gasteiger partial charge in [-0.2, -0.15) is 5.10 Å². The van der Waals surface area contributed by atoms with Gasteiger partial charge < -0.3 is 0 Å². The summed E-state index contributed by atoms with van der Waals surface area (Å²) >= 11 is 0. The summed E-state index contributed by atoms with van der Waals surface area (Å²) in [4.78, 5) is 9.61. The van der Waals surface area contributed by atoms with Crippen molar-refractivity contribution in [3.05, 3.63) is 78.1 Å². The van der Waals surface area contributed by atoms with E-state index in [1.807, 2.05) is 62.4 Å². The van der Waals surface area contributed by atoms with E-state index in [2.05, 4.69) is 28.7 Å². The van der Waals surface area contributed by atoms with E-state index in [4.69, 9.17) is 9.97 Å². The number of hydrogen-bond donors (Lipinski definition) is 1. The lowest BCUT2D eigenvalue weighted by Gasteiger charge is -2.09. The van der Waals surface area contributed by atoms with Crippen molar-refractivity contribution < 1.29 is 0 Å². The maximum Gasteiger partial charge on any atom is 0.108 e. The number of benzene rings is 3. The topological polar surface area (TPSA) is 50.2 Å². The summed E-state index contributed by atoms with van der Waals surface area (Å²) in [6.45, 7) is 3.92. The highest BCUT2D eigenvalue weighted by atomic mass is 15.3. The van der Waals surface area contributed by atoms with Crippen LogP contribution in [0.15, 0.2) is 71.8 Å². The number of hydrogen-bond acceptors (Lipinski definition) is 4. The molecule has 4 aromatic rings. The highest BCUT2D eigenvalue weighted by molar-refractivity contribution is 6.06. The summed E-state index contributed by atoms with van der Waals surface area (Å²) < 4.78 is 0. The first-order valence-electron chi connectivity index (χ1n) is 8.24. The van der Waals surface area contributed by atoms with Gasteiger partial charge in [-0.3, -0.25) is 5.43 Å².